The van der Waals surface area contributed by atoms with Crippen molar-refractivity contribution in [3.8, 4) is 0 Å². The minimum atomic E-state index is -0.196. The highest BCUT2D eigenvalue weighted by atomic mass is 19.1. The number of halogens is 1. The summed E-state index contributed by atoms with van der Waals surface area (Å²) in [4.78, 5) is 13.8. The van der Waals surface area contributed by atoms with Gasteiger partial charge in [-0.15, -0.1) is 0 Å². The molecule has 2 heterocycles. The second kappa shape index (κ2) is 8.34. The van der Waals surface area contributed by atoms with Crippen LogP contribution < -0.4 is 15.1 Å². The van der Waals surface area contributed by atoms with Gasteiger partial charge in [0.25, 0.3) is 0 Å². The molecule has 0 spiro atoms. The first-order chi connectivity index (χ1) is 12.5. The Kier molecular flexibility index (Phi) is 5.91. The molecule has 1 saturated heterocycles. The molecule has 1 aliphatic heterocycles. The topological polar surface area (TPSA) is 44.3 Å². The van der Waals surface area contributed by atoms with E-state index >= 15 is 0 Å². The van der Waals surface area contributed by atoms with E-state index in [0.717, 1.165) is 62.3 Å². The Bertz CT molecular complexity index is 709. The summed E-state index contributed by atoms with van der Waals surface area (Å²) >= 11 is 0. The van der Waals surface area contributed by atoms with Crippen LogP contribution in [0, 0.1) is 18.7 Å². The average molecular weight is 357 g/mol. The third-order valence-electron chi connectivity index (χ3n) is 4.62. The van der Waals surface area contributed by atoms with E-state index in [4.69, 9.17) is 4.98 Å². The van der Waals surface area contributed by atoms with Gasteiger partial charge in [-0.3, -0.25) is 0 Å². The highest BCUT2D eigenvalue weighted by molar-refractivity contribution is 5.49. The number of aryl methyl sites for hydroxylation is 1. The first kappa shape index (κ1) is 18.4. The second-order valence-electron chi connectivity index (χ2n) is 7.25. The quantitative estimate of drug-likeness (QED) is 0.854. The van der Waals surface area contributed by atoms with Gasteiger partial charge >= 0.3 is 0 Å². The van der Waals surface area contributed by atoms with Crippen LogP contribution in [0.2, 0.25) is 0 Å². The fraction of sp³-hybridized carbons (Fsp3) is 0.500. The van der Waals surface area contributed by atoms with E-state index in [9.17, 15) is 4.39 Å². The minimum Gasteiger partial charge on any atom is -0.370 e. The van der Waals surface area contributed by atoms with Crippen molar-refractivity contribution in [3.05, 3.63) is 41.8 Å². The maximum absolute atomic E-state index is 13.1. The van der Waals surface area contributed by atoms with Gasteiger partial charge in [-0.2, -0.15) is 4.98 Å². The molecule has 2 aromatic rings. The van der Waals surface area contributed by atoms with Gasteiger partial charge < -0.3 is 15.1 Å². The molecule has 1 aliphatic rings. The molecule has 1 aromatic heterocycles. The third kappa shape index (κ3) is 4.84. The number of anilines is 3. The third-order valence-corrected chi connectivity index (χ3v) is 4.62. The number of benzene rings is 1. The minimum absolute atomic E-state index is 0.196. The number of piperazine rings is 1. The van der Waals surface area contributed by atoms with Crippen molar-refractivity contribution in [2.45, 2.75) is 27.2 Å². The maximum atomic E-state index is 13.1. The van der Waals surface area contributed by atoms with Crippen LogP contribution in [-0.4, -0.2) is 42.7 Å². The van der Waals surface area contributed by atoms with Crippen LogP contribution in [0.3, 0.4) is 0 Å². The maximum Gasteiger partial charge on any atom is 0.227 e. The molecule has 26 heavy (non-hydrogen) atoms. The zero-order chi connectivity index (χ0) is 18.5. The zero-order valence-electron chi connectivity index (χ0n) is 15.9. The standard InChI is InChI=1S/C20H28FN5/c1-15(2)8-9-22-19-14-16(3)23-20(24-19)26-12-10-25(11-13-26)18-6-4-17(21)5-7-18/h4-7,14-15H,8-13H2,1-3H3,(H,22,23,24). The summed E-state index contributed by atoms with van der Waals surface area (Å²) in [6, 6.07) is 8.70. The van der Waals surface area contributed by atoms with E-state index in [1.54, 1.807) is 0 Å². The molecule has 0 atom stereocenters. The van der Waals surface area contributed by atoms with Crippen molar-refractivity contribution >= 4 is 17.5 Å². The molecule has 1 fully saturated rings. The Morgan fingerprint density at radius 3 is 2.35 bits per heavy atom. The van der Waals surface area contributed by atoms with Gasteiger partial charge in [0.2, 0.25) is 5.95 Å². The lowest BCUT2D eigenvalue weighted by Crippen LogP contribution is -2.47. The van der Waals surface area contributed by atoms with Crippen LogP contribution in [0.1, 0.15) is 26.0 Å². The zero-order valence-corrected chi connectivity index (χ0v) is 15.9. The predicted molar refractivity (Wildman–Crippen MR) is 106 cm³/mol. The van der Waals surface area contributed by atoms with Crippen LogP contribution in [-0.2, 0) is 0 Å². The number of rotatable bonds is 6. The average Bonchev–Trinajstić information content (AvgIpc) is 2.62. The summed E-state index contributed by atoms with van der Waals surface area (Å²) in [5.74, 6) is 2.16. The first-order valence-corrected chi connectivity index (χ1v) is 9.36. The molecule has 5 nitrogen and oxygen atoms in total. The van der Waals surface area contributed by atoms with Gasteiger partial charge in [-0.05, 0) is 43.5 Å². The molecular weight excluding hydrogens is 329 g/mol. The van der Waals surface area contributed by atoms with Crippen LogP contribution in [0.5, 0.6) is 0 Å². The van der Waals surface area contributed by atoms with Crippen molar-refractivity contribution < 1.29 is 4.39 Å². The van der Waals surface area contributed by atoms with Crippen molar-refractivity contribution in [1.29, 1.82) is 0 Å². The molecule has 0 saturated carbocycles. The van der Waals surface area contributed by atoms with E-state index in [1.807, 2.05) is 25.1 Å². The van der Waals surface area contributed by atoms with Crippen molar-refractivity contribution in [3.63, 3.8) is 0 Å². The summed E-state index contributed by atoms with van der Waals surface area (Å²) in [6.07, 6.45) is 1.12. The molecule has 0 aliphatic carbocycles. The summed E-state index contributed by atoms with van der Waals surface area (Å²) in [6.45, 7) is 10.8. The number of nitrogens with one attached hydrogen (secondary N) is 1. The lowest BCUT2D eigenvalue weighted by Gasteiger charge is -2.36. The Hall–Kier alpha value is -2.37. The molecule has 0 bridgehead atoms. The molecule has 0 radical (unpaired) electrons. The highest BCUT2D eigenvalue weighted by Crippen LogP contribution is 2.20. The van der Waals surface area contributed by atoms with E-state index < -0.39 is 0 Å². The smallest absolute Gasteiger partial charge is 0.227 e. The fourth-order valence-corrected chi connectivity index (χ4v) is 3.09. The molecule has 1 aromatic carbocycles. The first-order valence-electron chi connectivity index (χ1n) is 9.36. The molecular formula is C20H28FN5. The van der Waals surface area contributed by atoms with E-state index in [2.05, 4.69) is 33.9 Å². The van der Waals surface area contributed by atoms with E-state index in [-0.39, 0.29) is 5.82 Å². The molecule has 1 N–H and O–H groups in total. The summed E-state index contributed by atoms with van der Waals surface area (Å²) in [5.41, 5.74) is 2.04. The van der Waals surface area contributed by atoms with Gasteiger partial charge in [0.05, 0.1) is 0 Å². The molecule has 6 heteroatoms. The molecule has 3 rings (SSSR count). The number of hydrogen-bond acceptors (Lipinski definition) is 5. The lowest BCUT2D eigenvalue weighted by molar-refractivity contribution is 0.606. The number of aromatic nitrogens is 2. The molecule has 140 valence electrons. The van der Waals surface area contributed by atoms with Gasteiger partial charge in [0.15, 0.2) is 0 Å². The van der Waals surface area contributed by atoms with Gasteiger partial charge in [0.1, 0.15) is 11.6 Å². The van der Waals surface area contributed by atoms with Gasteiger partial charge in [-0.1, -0.05) is 13.8 Å². The van der Waals surface area contributed by atoms with E-state index in [1.165, 1.54) is 12.1 Å². The summed E-state index contributed by atoms with van der Waals surface area (Å²) in [5, 5.41) is 3.41. The largest absolute Gasteiger partial charge is 0.370 e. The van der Waals surface area contributed by atoms with Crippen LogP contribution >= 0.6 is 0 Å². The van der Waals surface area contributed by atoms with Crippen LogP contribution in [0.4, 0.5) is 21.8 Å². The van der Waals surface area contributed by atoms with Gasteiger partial charge in [0, 0.05) is 50.2 Å². The SMILES string of the molecule is Cc1cc(NCCC(C)C)nc(N2CCN(c3ccc(F)cc3)CC2)n1. The monoisotopic (exact) mass is 357 g/mol. The van der Waals surface area contributed by atoms with Crippen molar-refractivity contribution in [2.24, 2.45) is 5.92 Å². The van der Waals surface area contributed by atoms with Crippen molar-refractivity contribution in [2.75, 3.05) is 47.8 Å². The Morgan fingerprint density at radius 1 is 1.04 bits per heavy atom. The Labute approximate surface area is 155 Å². The summed E-state index contributed by atoms with van der Waals surface area (Å²) in [7, 11) is 0. The van der Waals surface area contributed by atoms with Gasteiger partial charge in [-0.25, -0.2) is 9.37 Å². The Morgan fingerprint density at radius 2 is 1.69 bits per heavy atom. The fourth-order valence-electron chi connectivity index (χ4n) is 3.09. The predicted octanol–water partition coefficient (Wildman–Crippen LogP) is 3.71. The highest BCUT2D eigenvalue weighted by Gasteiger charge is 2.20. The van der Waals surface area contributed by atoms with Crippen LogP contribution in [0.15, 0.2) is 30.3 Å². The lowest BCUT2D eigenvalue weighted by atomic mass is 10.1. The summed E-state index contributed by atoms with van der Waals surface area (Å²) < 4.78 is 13.1. The normalized spacial score (nSPS) is 14.8. The Balaban J connectivity index is 1.61. The van der Waals surface area contributed by atoms with Crippen molar-refractivity contribution in [1.82, 2.24) is 9.97 Å². The number of hydrogen-bond donors (Lipinski definition) is 1. The van der Waals surface area contributed by atoms with E-state index in [0.29, 0.717) is 5.92 Å². The molecule has 0 unspecified atom stereocenters. The van der Waals surface area contributed by atoms with Crippen LogP contribution in [0.25, 0.3) is 0 Å². The molecule has 0 amide bonds. The second-order valence-corrected chi connectivity index (χ2v) is 7.25. The number of nitrogens with zero attached hydrogens (tertiary/aromatic N) is 4.